The number of alkyl halides is 1. The van der Waals surface area contributed by atoms with Crippen LogP contribution in [0.5, 0.6) is 0 Å². The van der Waals surface area contributed by atoms with E-state index in [1.54, 1.807) is 26.0 Å². The van der Waals surface area contributed by atoms with Crippen LogP contribution in [0.2, 0.25) is 0 Å². The van der Waals surface area contributed by atoms with Crippen molar-refractivity contribution in [1.29, 1.82) is 0 Å². The molecular weight excluding hydrogens is 412 g/mol. The number of carbonyl (C=O) groups excluding carboxylic acids is 1. The largest absolute Gasteiger partial charge is 0.509 e. The molecule has 0 aromatic rings. The topological polar surface area (TPSA) is 66.8 Å². The van der Waals surface area contributed by atoms with Crippen molar-refractivity contribution in [3.05, 3.63) is 109 Å². The van der Waals surface area contributed by atoms with E-state index in [0.29, 0.717) is 28.2 Å². The number of allylic oxidation sites excluding steroid dienone is 7. The third kappa shape index (κ3) is 14.6. The maximum Gasteiger partial charge on any atom is 0.342 e. The molecule has 0 saturated carbocycles. The predicted octanol–water partition coefficient (Wildman–Crippen LogP) is 7.58. The number of esters is 1. The zero-order valence-corrected chi connectivity index (χ0v) is 19.9. The molecule has 0 radical (unpaired) electrons. The minimum Gasteiger partial charge on any atom is -0.509 e. The van der Waals surface area contributed by atoms with Gasteiger partial charge in [-0.05, 0) is 66.4 Å². The Morgan fingerprint density at radius 1 is 0.935 bits per heavy atom. The van der Waals surface area contributed by atoms with Crippen molar-refractivity contribution >= 4 is 17.6 Å². The van der Waals surface area contributed by atoms with E-state index >= 15 is 0 Å². The van der Waals surface area contributed by atoms with Gasteiger partial charge in [0.25, 0.3) is 0 Å². The molecule has 0 aromatic carbocycles. The first kappa shape index (κ1) is 30.2. The minimum absolute atomic E-state index is 0.0346. The maximum absolute atomic E-state index is 11.9. The summed E-state index contributed by atoms with van der Waals surface area (Å²) in [5.74, 6) is 0.677. The fourth-order valence-corrected chi connectivity index (χ4v) is 1.72. The molecule has 0 heterocycles. The van der Waals surface area contributed by atoms with Gasteiger partial charge in [0, 0.05) is 5.88 Å². The lowest BCUT2D eigenvalue weighted by Gasteiger charge is -2.09. The lowest BCUT2D eigenvalue weighted by atomic mass is 10.0. The molecule has 5 heteroatoms. The molecule has 1 atom stereocenters. The van der Waals surface area contributed by atoms with Crippen molar-refractivity contribution in [3.8, 4) is 0 Å². The van der Waals surface area contributed by atoms with Gasteiger partial charge in [-0.15, -0.1) is 11.6 Å². The molecule has 1 unspecified atom stereocenters. The lowest BCUT2D eigenvalue weighted by molar-refractivity contribution is -0.134. The van der Waals surface area contributed by atoms with Crippen LogP contribution in [-0.4, -0.2) is 22.1 Å². The number of halogens is 1. The zero-order chi connectivity index (χ0) is 24.7. The molecule has 0 amide bonds. The first-order chi connectivity index (χ1) is 14.3. The van der Waals surface area contributed by atoms with Gasteiger partial charge in [-0.2, -0.15) is 0 Å². The number of aliphatic hydroxyl groups excluding tert-OH is 2. The number of hydrogen-bond donors (Lipinski definition) is 2. The average Bonchev–Trinajstić information content (AvgIpc) is 2.70. The Morgan fingerprint density at radius 3 is 1.77 bits per heavy atom. The second-order valence-electron chi connectivity index (χ2n) is 6.98. The normalized spacial score (nSPS) is 12.3. The standard InChI is InChI=1S/C21H24O4.C5H11Cl/c1-13(9-10-18(6)22)21(24)25-20(8)17(5)12-15(3)14(2)11-16(4)19(7)23;1-3-5(2)4-6/h9-12,22-23H,1-3,6-8H2,4-5H3;5H,3-4H2,1-2H3/b10-9-,16-11-,17-12-;. The lowest BCUT2D eigenvalue weighted by Crippen LogP contribution is -2.06. The van der Waals surface area contributed by atoms with Crippen LogP contribution in [-0.2, 0) is 9.53 Å². The SMILES string of the molecule is C=C(O)/C=C\C(=C)C(=O)OC(=C)/C(C)=C\C(=C)C(=C)/C=C(/C)C(=C)O.CCC(C)CCl. The van der Waals surface area contributed by atoms with Crippen LogP contribution in [0.25, 0.3) is 0 Å². The highest BCUT2D eigenvalue weighted by atomic mass is 35.5. The predicted molar refractivity (Wildman–Crippen MR) is 133 cm³/mol. The Balaban J connectivity index is 0. The van der Waals surface area contributed by atoms with Crippen molar-refractivity contribution in [1.82, 2.24) is 0 Å². The molecule has 0 aliphatic carbocycles. The van der Waals surface area contributed by atoms with E-state index in [0.717, 1.165) is 5.88 Å². The smallest absolute Gasteiger partial charge is 0.342 e. The first-order valence-corrected chi connectivity index (χ1v) is 10.1. The van der Waals surface area contributed by atoms with Crippen LogP contribution >= 0.6 is 11.6 Å². The average molecular weight is 447 g/mol. The molecule has 0 fully saturated rings. The van der Waals surface area contributed by atoms with Crippen molar-refractivity contribution in [2.24, 2.45) is 5.92 Å². The fourth-order valence-electron chi connectivity index (χ4n) is 1.50. The Bertz CT molecular complexity index is 818. The molecule has 0 spiro atoms. The molecule has 0 aliphatic rings. The highest BCUT2D eigenvalue weighted by Gasteiger charge is 2.10. The Morgan fingerprint density at radius 2 is 1.42 bits per heavy atom. The van der Waals surface area contributed by atoms with E-state index in [9.17, 15) is 9.90 Å². The molecule has 31 heavy (non-hydrogen) atoms. The third-order valence-electron chi connectivity index (χ3n) is 4.00. The molecule has 0 saturated heterocycles. The van der Waals surface area contributed by atoms with E-state index in [1.165, 1.54) is 18.6 Å². The number of hydrogen-bond acceptors (Lipinski definition) is 4. The Kier molecular flexibility index (Phi) is 15.4. The quantitative estimate of drug-likeness (QED) is 0.113. The monoisotopic (exact) mass is 446 g/mol. The van der Waals surface area contributed by atoms with Crippen LogP contribution in [0, 0.1) is 5.92 Å². The highest BCUT2D eigenvalue weighted by Crippen LogP contribution is 2.19. The van der Waals surface area contributed by atoms with Crippen LogP contribution < -0.4 is 0 Å². The molecular formula is C26H35ClO4. The van der Waals surface area contributed by atoms with Crippen LogP contribution in [0.4, 0.5) is 0 Å². The van der Waals surface area contributed by atoms with Crippen molar-refractivity contribution in [2.75, 3.05) is 5.88 Å². The summed E-state index contributed by atoms with van der Waals surface area (Å²) in [4.78, 5) is 11.9. The van der Waals surface area contributed by atoms with Gasteiger partial charge in [0.2, 0.25) is 0 Å². The van der Waals surface area contributed by atoms with E-state index in [2.05, 4.69) is 53.3 Å². The molecule has 4 nitrogen and oxygen atoms in total. The van der Waals surface area contributed by atoms with E-state index in [1.807, 2.05) is 0 Å². The number of ether oxygens (including phenoxy) is 1. The van der Waals surface area contributed by atoms with Gasteiger partial charge in [0.15, 0.2) is 0 Å². The number of rotatable bonds is 11. The zero-order valence-electron chi connectivity index (χ0n) is 19.1. The second-order valence-corrected chi connectivity index (χ2v) is 7.29. The summed E-state index contributed by atoms with van der Waals surface area (Å²) < 4.78 is 5.10. The van der Waals surface area contributed by atoms with Crippen molar-refractivity contribution < 1.29 is 19.7 Å². The summed E-state index contributed by atoms with van der Waals surface area (Å²) in [6.45, 7) is 29.3. The summed E-state index contributed by atoms with van der Waals surface area (Å²) >= 11 is 5.45. The number of carbonyl (C=O) groups is 1. The summed E-state index contributed by atoms with van der Waals surface area (Å²) in [5.41, 5.74) is 2.30. The van der Waals surface area contributed by atoms with Crippen molar-refractivity contribution in [2.45, 2.75) is 34.1 Å². The van der Waals surface area contributed by atoms with Gasteiger partial charge in [0.1, 0.15) is 17.3 Å². The van der Waals surface area contributed by atoms with Crippen molar-refractivity contribution in [3.63, 3.8) is 0 Å². The summed E-state index contributed by atoms with van der Waals surface area (Å²) in [6.07, 6.45) is 6.99. The second kappa shape index (κ2) is 15.8. The van der Waals surface area contributed by atoms with E-state index < -0.39 is 5.97 Å². The van der Waals surface area contributed by atoms with Gasteiger partial charge in [-0.3, -0.25) is 0 Å². The molecule has 0 bridgehead atoms. The van der Waals surface area contributed by atoms with Gasteiger partial charge in [-0.1, -0.05) is 59.7 Å². The van der Waals surface area contributed by atoms with Gasteiger partial charge in [0.05, 0.1) is 5.57 Å². The summed E-state index contributed by atoms with van der Waals surface area (Å²) in [6, 6.07) is 0. The minimum atomic E-state index is -0.702. The molecule has 0 aliphatic heterocycles. The fraction of sp³-hybridized carbons (Fsp3) is 0.269. The van der Waals surface area contributed by atoms with Crippen LogP contribution in [0.15, 0.2) is 109 Å². The van der Waals surface area contributed by atoms with E-state index in [4.69, 9.17) is 21.4 Å². The molecule has 170 valence electrons. The van der Waals surface area contributed by atoms with Gasteiger partial charge >= 0.3 is 5.97 Å². The summed E-state index contributed by atoms with van der Waals surface area (Å²) in [7, 11) is 0. The van der Waals surface area contributed by atoms with Gasteiger partial charge < -0.3 is 14.9 Å². The summed E-state index contributed by atoms with van der Waals surface area (Å²) in [5, 5.41) is 18.3. The Hall–Kier alpha value is -2.98. The highest BCUT2D eigenvalue weighted by molar-refractivity contribution is 6.18. The molecule has 0 rings (SSSR count). The van der Waals surface area contributed by atoms with Crippen LogP contribution in [0.3, 0.4) is 0 Å². The van der Waals surface area contributed by atoms with Crippen LogP contribution in [0.1, 0.15) is 34.1 Å². The van der Waals surface area contributed by atoms with Gasteiger partial charge in [-0.25, -0.2) is 4.79 Å². The third-order valence-corrected chi connectivity index (χ3v) is 4.53. The van der Waals surface area contributed by atoms with E-state index in [-0.39, 0.29) is 22.9 Å². The number of aliphatic hydroxyl groups is 2. The molecule has 2 N–H and O–H groups in total. The Labute approximate surface area is 192 Å². The molecule has 0 aromatic heterocycles. The first-order valence-electron chi connectivity index (χ1n) is 9.61. The maximum atomic E-state index is 11.9.